The fraction of sp³-hybridized carbons (Fsp3) is 0.263. The van der Waals surface area contributed by atoms with Gasteiger partial charge in [0.2, 0.25) is 0 Å². The summed E-state index contributed by atoms with van der Waals surface area (Å²) in [4.78, 5) is 24.1. The van der Waals surface area contributed by atoms with Crippen LogP contribution in [0.2, 0.25) is 0 Å². The molecule has 2 atom stereocenters. The Morgan fingerprint density at radius 1 is 0.810 bits per heavy atom. The normalized spacial score (nSPS) is 12.0. The molecule has 4 nitrogen and oxygen atoms in total. The fourth-order valence-electron chi connectivity index (χ4n) is 5.04. The molecule has 218 valence electrons. The van der Waals surface area contributed by atoms with Crippen molar-refractivity contribution in [2.75, 3.05) is 5.32 Å². The maximum Gasteiger partial charge on any atom is 0.160 e. The molecule has 4 heteroatoms. The zero-order valence-electron chi connectivity index (χ0n) is 25.7. The molecule has 42 heavy (non-hydrogen) atoms. The van der Waals surface area contributed by atoms with Crippen LogP contribution < -0.4 is 5.32 Å². The topological polar surface area (TPSA) is 66.4 Å². The van der Waals surface area contributed by atoms with Gasteiger partial charge in [-0.3, -0.25) is 9.59 Å². The molecular formula is C38H43NO3. The summed E-state index contributed by atoms with van der Waals surface area (Å²) in [6, 6.07) is 28.7. The van der Waals surface area contributed by atoms with Crippen molar-refractivity contribution in [1.82, 2.24) is 0 Å². The van der Waals surface area contributed by atoms with Crippen LogP contribution in [0.25, 0.3) is 16.8 Å². The Labute approximate surface area is 251 Å². The first-order valence-corrected chi connectivity index (χ1v) is 14.6. The van der Waals surface area contributed by atoms with Gasteiger partial charge in [-0.1, -0.05) is 101 Å². The molecular weight excluding hydrogens is 518 g/mol. The van der Waals surface area contributed by atoms with E-state index < -0.39 is 0 Å². The second kappa shape index (κ2) is 15.0. The number of anilines is 1. The van der Waals surface area contributed by atoms with Gasteiger partial charge in [-0.15, -0.1) is 0 Å². The van der Waals surface area contributed by atoms with Gasteiger partial charge < -0.3 is 10.4 Å². The summed E-state index contributed by atoms with van der Waals surface area (Å²) >= 11 is 0. The number of hydrogen-bond acceptors (Lipinski definition) is 4. The van der Waals surface area contributed by atoms with E-state index in [-0.39, 0.29) is 17.3 Å². The first kappa shape index (κ1) is 32.1. The third-order valence-electron chi connectivity index (χ3n) is 7.78. The van der Waals surface area contributed by atoms with E-state index in [1.165, 1.54) is 32.3 Å². The highest BCUT2D eigenvalue weighted by atomic mass is 16.3. The zero-order chi connectivity index (χ0) is 30.8. The van der Waals surface area contributed by atoms with E-state index in [0.29, 0.717) is 33.9 Å². The van der Waals surface area contributed by atoms with Gasteiger partial charge in [-0.25, -0.2) is 0 Å². The van der Waals surface area contributed by atoms with Crippen LogP contribution in [-0.4, -0.2) is 16.7 Å². The van der Waals surface area contributed by atoms with Gasteiger partial charge in [0.1, 0.15) is 5.75 Å². The van der Waals surface area contributed by atoms with Gasteiger partial charge in [-0.2, -0.15) is 0 Å². The molecule has 0 aliphatic carbocycles. The molecule has 2 N–H and O–H groups in total. The maximum absolute atomic E-state index is 12.3. The number of carbonyl (C=O) groups is 2. The molecule has 4 aromatic rings. The first-order valence-electron chi connectivity index (χ1n) is 14.6. The molecule has 4 rings (SSSR count). The minimum atomic E-state index is -0.158. The number of benzene rings is 4. The van der Waals surface area contributed by atoms with Crippen LogP contribution in [0.3, 0.4) is 0 Å². The number of carbonyl (C=O) groups excluding carboxylic acids is 2. The van der Waals surface area contributed by atoms with Gasteiger partial charge in [0, 0.05) is 28.1 Å². The summed E-state index contributed by atoms with van der Waals surface area (Å²) in [7, 11) is 0. The first-order chi connectivity index (χ1) is 20.0. The molecule has 0 saturated carbocycles. The summed E-state index contributed by atoms with van der Waals surface area (Å²) in [6.07, 6.45) is 2.62. The number of hydrogen-bond donors (Lipinski definition) is 2. The van der Waals surface area contributed by atoms with E-state index in [1.54, 1.807) is 36.4 Å². The standard InChI is InChI=1S/C25H23NO3.C13H20/c1-15-7-5-6-8-25(15)26-16(2)21-12-10-20(29)14-24(21)22-11-9-19(17(3)27)13-23(22)18(4)28;1-4-8-11(2)12(3)13-9-6-5-7-10-13/h5-14,26,29H,2H2,1,3-4H3;5-7,9-12H,4,8H2,1-3H3. The van der Waals surface area contributed by atoms with Gasteiger partial charge in [0.05, 0.1) is 0 Å². The molecule has 0 heterocycles. The third-order valence-corrected chi connectivity index (χ3v) is 7.78. The number of para-hydroxylation sites is 1. The Kier molecular flexibility index (Phi) is 11.4. The third kappa shape index (κ3) is 8.29. The highest BCUT2D eigenvalue weighted by Crippen LogP contribution is 2.35. The molecule has 0 aromatic heterocycles. The summed E-state index contributed by atoms with van der Waals surface area (Å²) in [5.41, 5.74) is 7.06. The highest BCUT2D eigenvalue weighted by Gasteiger charge is 2.17. The smallest absolute Gasteiger partial charge is 0.160 e. The molecule has 0 amide bonds. The highest BCUT2D eigenvalue weighted by molar-refractivity contribution is 6.05. The lowest BCUT2D eigenvalue weighted by Gasteiger charge is -2.19. The molecule has 0 aliphatic heterocycles. The van der Waals surface area contributed by atoms with E-state index >= 15 is 0 Å². The van der Waals surface area contributed by atoms with E-state index in [0.717, 1.165) is 22.7 Å². The van der Waals surface area contributed by atoms with Crippen molar-refractivity contribution >= 4 is 23.0 Å². The summed E-state index contributed by atoms with van der Waals surface area (Å²) in [5, 5.41) is 13.4. The Morgan fingerprint density at radius 3 is 2.10 bits per heavy atom. The molecule has 4 aromatic carbocycles. The van der Waals surface area contributed by atoms with E-state index in [2.05, 4.69) is 63.0 Å². The average Bonchev–Trinajstić information content (AvgIpc) is 2.98. The summed E-state index contributed by atoms with van der Waals surface area (Å²) in [6.45, 7) is 16.0. The van der Waals surface area contributed by atoms with Gasteiger partial charge >= 0.3 is 0 Å². The van der Waals surface area contributed by atoms with E-state index in [1.807, 2.05) is 31.2 Å². The maximum atomic E-state index is 12.3. The largest absolute Gasteiger partial charge is 0.508 e. The summed E-state index contributed by atoms with van der Waals surface area (Å²) < 4.78 is 0. The van der Waals surface area contributed by atoms with Crippen molar-refractivity contribution in [1.29, 1.82) is 0 Å². The van der Waals surface area contributed by atoms with E-state index in [4.69, 9.17) is 0 Å². The van der Waals surface area contributed by atoms with Crippen LogP contribution in [0.15, 0.2) is 97.6 Å². The van der Waals surface area contributed by atoms with Crippen molar-refractivity contribution in [2.24, 2.45) is 5.92 Å². The van der Waals surface area contributed by atoms with Crippen molar-refractivity contribution in [3.8, 4) is 16.9 Å². The summed E-state index contributed by atoms with van der Waals surface area (Å²) in [5.74, 6) is 1.31. The van der Waals surface area contributed by atoms with Crippen LogP contribution in [-0.2, 0) is 0 Å². The molecule has 0 aliphatic rings. The Morgan fingerprint density at radius 2 is 1.48 bits per heavy atom. The number of Topliss-reactive ketones (excluding diaryl/α,β-unsaturated/α-hetero) is 2. The van der Waals surface area contributed by atoms with Crippen molar-refractivity contribution in [2.45, 2.75) is 60.3 Å². The van der Waals surface area contributed by atoms with Gasteiger partial charge in [-0.05, 0) is 85.2 Å². The number of aryl methyl sites for hydroxylation is 1. The Hall–Kier alpha value is -4.44. The lowest BCUT2D eigenvalue weighted by molar-refractivity contribution is 0.101. The van der Waals surface area contributed by atoms with Crippen LogP contribution in [0.1, 0.15) is 90.8 Å². The lowest BCUT2D eigenvalue weighted by atomic mass is 9.86. The minimum Gasteiger partial charge on any atom is -0.508 e. The number of aromatic hydroxyl groups is 1. The molecule has 2 unspecified atom stereocenters. The SMILES string of the molecule is C=C(Nc1ccccc1C)c1ccc(O)cc1-c1ccc(C(C)=O)cc1C(C)=O.CCCC(C)C(C)c1ccccc1. The Bertz CT molecular complexity index is 1540. The van der Waals surface area contributed by atoms with E-state index in [9.17, 15) is 14.7 Å². The second-order valence-corrected chi connectivity index (χ2v) is 11.0. The predicted octanol–water partition coefficient (Wildman–Crippen LogP) is 10.1. The predicted molar refractivity (Wildman–Crippen MR) is 176 cm³/mol. The number of phenols is 1. The molecule has 0 spiro atoms. The van der Waals surface area contributed by atoms with Crippen LogP contribution in [0.4, 0.5) is 5.69 Å². The van der Waals surface area contributed by atoms with Gasteiger partial charge in [0.15, 0.2) is 11.6 Å². The average molecular weight is 562 g/mol. The fourth-order valence-corrected chi connectivity index (χ4v) is 5.04. The Balaban J connectivity index is 0.000000312. The minimum absolute atomic E-state index is 0.0811. The van der Waals surface area contributed by atoms with Crippen LogP contribution in [0.5, 0.6) is 5.75 Å². The number of nitrogens with one attached hydrogen (secondary N) is 1. The number of ketones is 2. The molecule has 0 bridgehead atoms. The zero-order valence-corrected chi connectivity index (χ0v) is 25.7. The van der Waals surface area contributed by atoms with Crippen molar-refractivity contribution in [3.05, 3.63) is 125 Å². The van der Waals surface area contributed by atoms with Gasteiger partial charge in [0.25, 0.3) is 0 Å². The van der Waals surface area contributed by atoms with Crippen molar-refractivity contribution in [3.63, 3.8) is 0 Å². The molecule has 0 saturated heterocycles. The quantitative estimate of drug-likeness (QED) is 0.189. The number of phenolic OH excluding ortho intramolecular Hbond substituents is 1. The monoisotopic (exact) mass is 561 g/mol. The van der Waals surface area contributed by atoms with Crippen molar-refractivity contribution < 1.29 is 14.7 Å². The number of rotatable bonds is 10. The molecule has 0 radical (unpaired) electrons. The lowest BCUT2D eigenvalue weighted by Crippen LogP contribution is -2.05. The van der Waals surface area contributed by atoms with Crippen LogP contribution in [0, 0.1) is 12.8 Å². The second-order valence-electron chi connectivity index (χ2n) is 11.0. The van der Waals surface area contributed by atoms with Crippen LogP contribution >= 0.6 is 0 Å². The molecule has 0 fully saturated rings.